The summed E-state index contributed by atoms with van der Waals surface area (Å²) in [6.45, 7) is 11.6. The molecule has 7 heteroatoms. The van der Waals surface area contributed by atoms with Gasteiger partial charge >= 0.3 is 0 Å². The molecule has 0 saturated carbocycles. The van der Waals surface area contributed by atoms with Gasteiger partial charge in [0.05, 0.1) is 13.2 Å². The van der Waals surface area contributed by atoms with Crippen molar-refractivity contribution in [2.45, 2.75) is 33.7 Å². The van der Waals surface area contributed by atoms with E-state index in [1.807, 2.05) is 56.3 Å². The summed E-state index contributed by atoms with van der Waals surface area (Å²) in [6.07, 6.45) is 0.920. The van der Waals surface area contributed by atoms with Gasteiger partial charge in [-0.25, -0.2) is 0 Å². The number of benzene rings is 2. The third-order valence-electron chi connectivity index (χ3n) is 6.43. The van der Waals surface area contributed by atoms with Gasteiger partial charge in [-0.3, -0.25) is 14.5 Å². The lowest BCUT2D eigenvalue weighted by Crippen LogP contribution is -2.41. The van der Waals surface area contributed by atoms with E-state index in [1.54, 1.807) is 0 Å². The molecule has 1 aromatic heterocycles. The monoisotopic (exact) mass is 462 g/mol. The molecule has 0 radical (unpaired) electrons. The molecule has 0 aliphatic carbocycles. The third kappa shape index (κ3) is 5.48. The number of anilines is 1. The normalized spacial score (nSPS) is 14.3. The molecular weight excluding hydrogens is 428 g/mol. The van der Waals surface area contributed by atoms with Crippen LogP contribution in [-0.2, 0) is 11.3 Å². The van der Waals surface area contributed by atoms with Gasteiger partial charge in [0.25, 0.3) is 11.8 Å². The number of morpholine rings is 1. The maximum Gasteiger partial charge on any atom is 0.267 e. The summed E-state index contributed by atoms with van der Waals surface area (Å²) in [5.41, 5.74) is 5.23. The smallest absolute Gasteiger partial charge is 0.267 e. The van der Waals surface area contributed by atoms with Crippen LogP contribution in [0.15, 0.2) is 42.5 Å². The van der Waals surface area contributed by atoms with Gasteiger partial charge in [0.15, 0.2) is 0 Å². The molecule has 1 aliphatic rings. The number of hydrogen-bond donors (Lipinski definition) is 2. The zero-order valence-corrected chi connectivity index (χ0v) is 20.3. The summed E-state index contributed by atoms with van der Waals surface area (Å²) in [5.74, 6) is -0.213. The Kier molecular flexibility index (Phi) is 7.65. The van der Waals surface area contributed by atoms with Crippen molar-refractivity contribution >= 4 is 28.4 Å². The number of carbonyl (C=O) groups is 2. The predicted octanol–water partition coefficient (Wildman–Crippen LogP) is 3.98. The summed E-state index contributed by atoms with van der Waals surface area (Å²) in [5, 5.41) is 7.00. The molecule has 1 fully saturated rings. The maximum atomic E-state index is 13.0. The van der Waals surface area contributed by atoms with Gasteiger partial charge in [-0.05, 0) is 67.8 Å². The van der Waals surface area contributed by atoms with E-state index in [4.69, 9.17) is 4.74 Å². The highest BCUT2D eigenvalue weighted by atomic mass is 16.5. The molecule has 0 spiro atoms. The van der Waals surface area contributed by atoms with Crippen LogP contribution >= 0.6 is 0 Å². The number of fused-ring (bicyclic) bond motifs is 1. The van der Waals surface area contributed by atoms with Crippen LogP contribution in [0.3, 0.4) is 0 Å². The van der Waals surface area contributed by atoms with Crippen molar-refractivity contribution in [2.75, 3.05) is 44.7 Å². The van der Waals surface area contributed by atoms with Gasteiger partial charge in [0, 0.05) is 54.9 Å². The number of aryl methyl sites for hydroxylation is 3. The highest BCUT2D eigenvalue weighted by molar-refractivity contribution is 6.06. The molecule has 1 aliphatic heterocycles. The molecule has 0 unspecified atom stereocenters. The van der Waals surface area contributed by atoms with Crippen molar-refractivity contribution in [3.8, 4) is 0 Å². The van der Waals surface area contributed by atoms with Crippen LogP contribution in [0, 0.1) is 13.8 Å². The fourth-order valence-electron chi connectivity index (χ4n) is 4.33. The van der Waals surface area contributed by atoms with Crippen LogP contribution in [-0.4, -0.2) is 60.7 Å². The molecule has 2 heterocycles. The number of ether oxygens (including phenoxy) is 1. The Morgan fingerprint density at radius 3 is 2.47 bits per heavy atom. The highest BCUT2D eigenvalue weighted by Crippen LogP contribution is 2.25. The van der Waals surface area contributed by atoms with Gasteiger partial charge < -0.3 is 19.9 Å². The van der Waals surface area contributed by atoms with Crippen LogP contribution in [0.2, 0.25) is 0 Å². The third-order valence-corrected chi connectivity index (χ3v) is 6.43. The first-order valence-electron chi connectivity index (χ1n) is 12.1. The molecule has 7 nitrogen and oxygen atoms in total. The molecule has 2 N–H and O–H groups in total. The van der Waals surface area contributed by atoms with Gasteiger partial charge in [-0.15, -0.1) is 0 Å². The van der Waals surface area contributed by atoms with E-state index in [0.29, 0.717) is 23.5 Å². The van der Waals surface area contributed by atoms with E-state index in [9.17, 15) is 9.59 Å². The molecule has 0 bridgehead atoms. The number of carbonyl (C=O) groups excluding carboxylic acids is 2. The standard InChI is InChI=1S/C27H34N4O3/c1-4-10-31-24-8-7-23(29-26(32)21-6-5-19(2)20(3)16-21)17-22(24)18-25(31)27(33)28-9-11-30-12-14-34-15-13-30/h5-8,16-18H,4,9-15H2,1-3H3,(H,28,33)(H,29,32). The van der Waals surface area contributed by atoms with E-state index in [0.717, 1.165) is 67.8 Å². The van der Waals surface area contributed by atoms with Crippen molar-refractivity contribution in [2.24, 2.45) is 0 Å². The van der Waals surface area contributed by atoms with Gasteiger partial charge in [0.1, 0.15) is 5.69 Å². The molecule has 180 valence electrons. The molecule has 3 aromatic rings. The Hall–Kier alpha value is -3.16. The summed E-state index contributed by atoms with van der Waals surface area (Å²) in [4.78, 5) is 28.1. The Morgan fingerprint density at radius 2 is 1.74 bits per heavy atom. The van der Waals surface area contributed by atoms with Crippen LogP contribution in [0.1, 0.15) is 45.3 Å². The average Bonchev–Trinajstić information content (AvgIpc) is 3.19. The lowest BCUT2D eigenvalue weighted by Gasteiger charge is -2.26. The minimum atomic E-state index is -0.142. The Labute approximate surface area is 201 Å². The second-order valence-electron chi connectivity index (χ2n) is 8.92. The summed E-state index contributed by atoms with van der Waals surface area (Å²) in [7, 11) is 0. The second kappa shape index (κ2) is 10.8. The van der Waals surface area contributed by atoms with Crippen LogP contribution in [0.4, 0.5) is 5.69 Å². The first kappa shape index (κ1) is 24.0. The maximum absolute atomic E-state index is 13.0. The number of rotatable bonds is 8. The summed E-state index contributed by atoms with van der Waals surface area (Å²) < 4.78 is 7.45. The quantitative estimate of drug-likeness (QED) is 0.531. The van der Waals surface area contributed by atoms with Crippen LogP contribution in [0.25, 0.3) is 10.9 Å². The van der Waals surface area contributed by atoms with Crippen LogP contribution in [0.5, 0.6) is 0 Å². The van der Waals surface area contributed by atoms with Crippen molar-refractivity contribution in [3.63, 3.8) is 0 Å². The van der Waals surface area contributed by atoms with Gasteiger partial charge in [0.2, 0.25) is 0 Å². The number of hydrogen-bond acceptors (Lipinski definition) is 4. The van der Waals surface area contributed by atoms with Crippen molar-refractivity contribution in [3.05, 3.63) is 64.8 Å². The fourth-order valence-corrected chi connectivity index (χ4v) is 4.33. The SMILES string of the molecule is CCCn1c(C(=O)NCCN2CCOCC2)cc2cc(NC(=O)c3ccc(C)c(C)c3)ccc21. The largest absolute Gasteiger partial charge is 0.379 e. The number of aromatic nitrogens is 1. The van der Waals surface area contributed by atoms with Crippen LogP contribution < -0.4 is 10.6 Å². The second-order valence-corrected chi connectivity index (χ2v) is 8.92. The molecule has 0 atom stereocenters. The molecular formula is C27H34N4O3. The van der Waals surface area contributed by atoms with Gasteiger partial charge in [-0.1, -0.05) is 13.0 Å². The van der Waals surface area contributed by atoms with Gasteiger partial charge in [-0.2, -0.15) is 0 Å². The minimum absolute atomic E-state index is 0.0707. The topological polar surface area (TPSA) is 75.6 Å². The molecule has 2 aromatic carbocycles. The molecule has 34 heavy (non-hydrogen) atoms. The Morgan fingerprint density at radius 1 is 0.941 bits per heavy atom. The predicted molar refractivity (Wildman–Crippen MR) is 136 cm³/mol. The Balaban J connectivity index is 1.49. The van der Waals surface area contributed by atoms with E-state index in [2.05, 4.69) is 27.0 Å². The first-order chi connectivity index (χ1) is 16.5. The van der Waals surface area contributed by atoms with E-state index in [1.165, 1.54) is 0 Å². The Bertz CT molecular complexity index is 1180. The van der Waals surface area contributed by atoms with E-state index < -0.39 is 0 Å². The van der Waals surface area contributed by atoms with E-state index >= 15 is 0 Å². The fraction of sp³-hybridized carbons (Fsp3) is 0.407. The van der Waals surface area contributed by atoms with Crippen molar-refractivity contribution in [1.82, 2.24) is 14.8 Å². The molecule has 4 rings (SSSR count). The molecule has 2 amide bonds. The van der Waals surface area contributed by atoms with Crippen molar-refractivity contribution in [1.29, 1.82) is 0 Å². The lowest BCUT2D eigenvalue weighted by atomic mass is 10.1. The average molecular weight is 463 g/mol. The van der Waals surface area contributed by atoms with Crippen molar-refractivity contribution < 1.29 is 14.3 Å². The minimum Gasteiger partial charge on any atom is -0.379 e. The number of nitrogens with zero attached hydrogens (tertiary/aromatic N) is 2. The molecule has 1 saturated heterocycles. The lowest BCUT2D eigenvalue weighted by molar-refractivity contribution is 0.0383. The highest BCUT2D eigenvalue weighted by Gasteiger charge is 2.17. The number of amides is 2. The summed E-state index contributed by atoms with van der Waals surface area (Å²) in [6, 6.07) is 13.4. The van der Waals surface area contributed by atoms with E-state index in [-0.39, 0.29) is 11.8 Å². The summed E-state index contributed by atoms with van der Waals surface area (Å²) >= 11 is 0. The zero-order chi connectivity index (χ0) is 24.1. The first-order valence-corrected chi connectivity index (χ1v) is 12.1. The zero-order valence-electron chi connectivity index (χ0n) is 20.3. The number of nitrogens with one attached hydrogen (secondary N) is 2.